The first-order valence-electron chi connectivity index (χ1n) is 6.16. The van der Waals surface area contributed by atoms with Crippen LogP contribution in [0.15, 0.2) is 0 Å². The summed E-state index contributed by atoms with van der Waals surface area (Å²) in [7, 11) is 0. The average molecular weight is 255 g/mol. The zero-order chi connectivity index (χ0) is 12.4. The number of rotatable bonds is 5. The van der Waals surface area contributed by atoms with Crippen LogP contribution in [0.3, 0.4) is 0 Å². The van der Waals surface area contributed by atoms with E-state index in [-0.39, 0.29) is 5.28 Å². The van der Waals surface area contributed by atoms with Crippen LogP contribution in [0.1, 0.15) is 31.9 Å². The molecule has 0 bridgehead atoms. The first-order valence-corrected chi connectivity index (χ1v) is 6.54. The third-order valence-electron chi connectivity index (χ3n) is 3.06. The zero-order valence-corrected chi connectivity index (χ0v) is 11.2. The van der Waals surface area contributed by atoms with E-state index in [2.05, 4.69) is 21.8 Å². The second-order valence-electron chi connectivity index (χ2n) is 4.70. The van der Waals surface area contributed by atoms with Gasteiger partial charge in [0.05, 0.1) is 11.4 Å². The summed E-state index contributed by atoms with van der Waals surface area (Å²) in [5.74, 6) is 1.60. The van der Waals surface area contributed by atoms with Crippen molar-refractivity contribution in [2.45, 2.75) is 33.1 Å². The van der Waals surface area contributed by atoms with Gasteiger partial charge in [-0.3, -0.25) is 0 Å². The molecule has 0 radical (unpaired) electrons. The van der Waals surface area contributed by atoms with Crippen molar-refractivity contribution < 1.29 is 0 Å². The van der Waals surface area contributed by atoms with Crippen molar-refractivity contribution in [3.8, 4) is 0 Å². The summed E-state index contributed by atoms with van der Waals surface area (Å²) in [6.07, 6.45) is 3.71. The van der Waals surface area contributed by atoms with Crippen LogP contribution >= 0.6 is 11.6 Å². The van der Waals surface area contributed by atoms with E-state index >= 15 is 0 Å². The molecule has 1 heterocycles. The van der Waals surface area contributed by atoms with Crippen molar-refractivity contribution in [1.82, 2.24) is 9.97 Å². The lowest BCUT2D eigenvalue weighted by Crippen LogP contribution is -2.28. The molecule has 0 atom stereocenters. The molecule has 0 spiro atoms. The Balaban J connectivity index is 2.26. The van der Waals surface area contributed by atoms with E-state index in [0.717, 1.165) is 36.9 Å². The summed E-state index contributed by atoms with van der Waals surface area (Å²) in [6.45, 7) is 6.03. The first kappa shape index (κ1) is 12.4. The highest BCUT2D eigenvalue weighted by molar-refractivity contribution is 6.28. The van der Waals surface area contributed by atoms with Crippen molar-refractivity contribution >= 4 is 23.1 Å². The second kappa shape index (κ2) is 5.08. The van der Waals surface area contributed by atoms with Crippen molar-refractivity contribution in [2.24, 2.45) is 5.92 Å². The predicted octanol–water partition coefficient (Wildman–Crippen LogP) is 2.65. The molecule has 5 heteroatoms. The number of hydrogen-bond donors (Lipinski definition) is 1. The second-order valence-corrected chi connectivity index (χ2v) is 5.04. The molecule has 1 aromatic heterocycles. The van der Waals surface area contributed by atoms with Gasteiger partial charge in [0.1, 0.15) is 0 Å². The summed E-state index contributed by atoms with van der Waals surface area (Å²) in [5, 5.41) is 0.281. The molecule has 0 aromatic carbocycles. The maximum absolute atomic E-state index is 6.05. The molecule has 0 unspecified atom stereocenters. The van der Waals surface area contributed by atoms with Gasteiger partial charge in [0, 0.05) is 13.1 Å². The van der Waals surface area contributed by atoms with Gasteiger partial charge in [0.15, 0.2) is 5.82 Å². The van der Waals surface area contributed by atoms with E-state index in [1.165, 1.54) is 12.8 Å². The van der Waals surface area contributed by atoms with Gasteiger partial charge in [-0.2, -0.15) is 4.98 Å². The number of aryl methyl sites for hydroxylation is 1. The number of aromatic nitrogens is 2. The van der Waals surface area contributed by atoms with Crippen molar-refractivity contribution in [2.75, 3.05) is 23.7 Å². The summed E-state index contributed by atoms with van der Waals surface area (Å²) >= 11 is 5.91. The molecule has 2 rings (SSSR count). The van der Waals surface area contributed by atoms with E-state index in [9.17, 15) is 0 Å². The lowest BCUT2D eigenvalue weighted by Gasteiger charge is -2.24. The van der Waals surface area contributed by atoms with Crippen LogP contribution in [0.4, 0.5) is 11.5 Å². The Morgan fingerprint density at radius 3 is 2.71 bits per heavy atom. The Bertz CT molecular complexity index is 404. The quantitative estimate of drug-likeness (QED) is 0.821. The fourth-order valence-corrected chi connectivity index (χ4v) is 2.15. The van der Waals surface area contributed by atoms with Crippen LogP contribution in [0.25, 0.3) is 0 Å². The lowest BCUT2D eigenvalue weighted by molar-refractivity contribution is 0.698. The van der Waals surface area contributed by atoms with Crippen molar-refractivity contribution in [3.63, 3.8) is 0 Å². The molecule has 0 amide bonds. The summed E-state index contributed by atoms with van der Waals surface area (Å²) < 4.78 is 0. The van der Waals surface area contributed by atoms with Gasteiger partial charge in [0.25, 0.3) is 0 Å². The van der Waals surface area contributed by atoms with Crippen LogP contribution in [0, 0.1) is 12.8 Å². The van der Waals surface area contributed by atoms with Crippen LogP contribution < -0.4 is 10.6 Å². The number of anilines is 2. The minimum Gasteiger partial charge on any atom is -0.394 e. The highest BCUT2D eigenvalue weighted by Gasteiger charge is 2.26. The molecular formula is C12H19ClN4. The predicted molar refractivity (Wildman–Crippen MR) is 71.4 cm³/mol. The Morgan fingerprint density at radius 2 is 2.12 bits per heavy atom. The van der Waals surface area contributed by atoms with Crippen LogP contribution in [-0.2, 0) is 0 Å². The molecule has 2 N–H and O–H groups in total. The molecule has 0 saturated heterocycles. The largest absolute Gasteiger partial charge is 0.394 e. The molecular weight excluding hydrogens is 236 g/mol. The monoisotopic (exact) mass is 254 g/mol. The molecule has 1 fully saturated rings. The minimum absolute atomic E-state index is 0.281. The maximum Gasteiger partial charge on any atom is 0.224 e. The summed E-state index contributed by atoms with van der Waals surface area (Å²) in [6, 6.07) is 0. The van der Waals surface area contributed by atoms with E-state index in [1.807, 2.05) is 6.92 Å². The van der Waals surface area contributed by atoms with Crippen molar-refractivity contribution in [3.05, 3.63) is 11.0 Å². The molecule has 94 valence electrons. The molecule has 4 nitrogen and oxygen atoms in total. The summed E-state index contributed by atoms with van der Waals surface area (Å²) in [4.78, 5) is 10.6. The Kier molecular flexibility index (Phi) is 3.72. The third-order valence-corrected chi connectivity index (χ3v) is 3.23. The van der Waals surface area contributed by atoms with Gasteiger partial charge in [-0.25, -0.2) is 4.98 Å². The van der Waals surface area contributed by atoms with E-state index in [1.54, 1.807) is 0 Å². The zero-order valence-electron chi connectivity index (χ0n) is 10.4. The molecule has 1 aromatic rings. The average Bonchev–Trinajstić information content (AvgIpc) is 3.07. The number of nitrogens with two attached hydrogens (primary N) is 1. The van der Waals surface area contributed by atoms with Crippen molar-refractivity contribution in [1.29, 1.82) is 0 Å². The number of halogens is 1. The minimum atomic E-state index is 0.281. The third kappa shape index (κ3) is 3.00. The Morgan fingerprint density at radius 1 is 1.41 bits per heavy atom. The fourth-order valence-electron chi connectivity index (χ4n) is 1.94. The van der Waals surface area contributed by atoms with Gasteiger partial charge in [-0.15, -0.1) is 0 Å². The molecule has 1 aliphatic rings. The molecule has 1 saturated carbocycles. The van der Waals surface area contributed by atoms with Gasteiger partial charge in [0.2, 0.25) is 5.28 Å². The normalized spacial score (nSPS) is 15.0. The number of nitrogens with zero attached hydrogens (tertiary/aromatic N) is 3. The van der Waals surface area contributed by atoms with Gasteiger partial charge in [-0.05, 0) is 43.7 Å². The van der Waals surface area contributed by atoms with Crippen LogP contribution in [0.2, 0.25) is 5.28 Å². The number of nitrogen functional groups attached to an aromatic ring is 1. The van der Waals surface area contributed by atoms with Crippen LogP contribution in [-0.4, -0.2) is 23.1 Å². The molecule has 1 aliphatic carbocycles. The SMILES string of the molecule is CCCN(CC1CC1)c1nc(Cl)nc(C)c1N. The first-order chi connectivity index (χ1) is 8.11. The van der Waals surface area contributed by atoms with E-state index in [0.29, 0.717) is 5.69 Å². The highest BCUT2D eigenvalue weighted by atomic mass is 35.5. The molecule has 17 heavy (non-hydrogen) atoms. The highest BCUT2D eigenvalue weighted by Crippen LogP contribution is 2.33. The van der Waals surface area contributed by atoms with Gasteiger partial charge >= 0.3 is 0 Å². The maximum atomic E-state index is 6.05. The molecule has 0 aliphatic heterocycles. The standard InChI is InChI=1S/C12H19ClN4/c1-3-6-17(7-9-4-5-9)11-10(14)8(2)15-12(13)16-11/h9H,3-7,14H2,1-2H3. The number of hydrogen-bond acceptors (Lipinski definition) is 4. The Hall–Kier alpha value is -1.03. The smallest absolute Gasteiger partial charge is 0.224 e. The summed E-state index contributed by atoms with van der Waals surface area (Å²) in [5.41, 5.74) is 7.47. The topological polar surface area (TPSA) is 55.0 Å². The van der Waals surface area contributed by atoms with Crippen LogP contribution in [0.5, 0.6) is 0 Å². The van der Waals surface area contributed by atoms with E-state index in [4.69, 9.17) is 17.3 Å². The lowest BCUT2D eigenvalue weighted by atomic mass is 10.3. The Labute approximate surface area is 107 Å². The van der Waals surface area contributed by atoms with E-state index < -0.39 is 0 Å². The fraction of sp³-hybridized carbons (Fsp3) is 0.667. The van der Waals surface area contributed by atoms with Gasteiger partial charge in [-0.1, -0.05) is 6.92 Å². The van der Waals surface area contributed by atoms with Gasteiger partial charge < -0.3 is 10.6 Å².